The van der Waals surface area contributed by atoms with Crippen LogP contribution in [0.15, 0.2) is 64.6 Å². The molecule has 0 radical (unpaired) electrons. The number of ether oxygens (including phenoxy) is 2. The van der Waals surface area contributed by atoms with Gasteiger partial charge in [0.1, 0.15) is 18.2 Å². The van der Waals surface area contributed by atoms with Crippen molar-refractivity contribution in [1.29, 1.82) is 5.26 Å². The molecule has 33 heavy (non-hydrogen) atoms. The Kier molecular flexibility index (Phi) is 8.65. The molecular weight excluding hydrogens is 551 g/mol. The molecule has 3 aromatic rings. The first-order valence-electron chi connectivity index (χ1n) is 9.43. The van der Waals surface area contributed by atoms with Crippen molar-refractivity contribution in [3.05, 3.63) is 90.8 Å². The molecule has 0 heterocycles. The summed E-state index contributed by atoms with van der Waals surface area (Å²) in [6.45, 7) is 0.195. The van der Waals surface area contributed by atoms with Crippen molar-refractivity contribution in [1.82, 2.24) is 0 Å². The van der Waals surface area contributed by atoms with E-state index < -0.39 is 5.91 Å². The Balaban J connectivity index is 1.82. The van der Waals surface area contributed by atoms with Gasteiger partial charge in [-0.3, -0.25) is 4.79 Å². The van der Waals surface area contributed by atoms with Crippen molar-refractivity contribution in [2.75, 3.05) is 12.4 Å². The number of benzene rings is 3. The maximum absolute atomic E-state index is 12.6. The first-order chi connectivity index (χ1) is 15.8. The zero-order valence-corrected chi connectivity index (χ0v) is 21.0. The van der Waals surface area contributed by atoms with Crippen LogP contribution in [0.3, 0.4) is 0 Å². The molecule has 0 saturated heterocycles. The Morgan fingerprint density at radius 1 is 1.06 bits per heavy atom. The molecule has 1 N–H and O–H groups in total. The summed E-state index contributed by atoms with van der Waals surface area (Å²) in [5, 5.41) is 13.7. The van der Waals surface area contributed by atoms with Crippen LogP contribution in [0.4, 0.5) is 5.69 Å². The lowest BCUT2D eigenvalue weighted by molar-refractivity contribution is -0.112. The van der Waals surface area contributed by atoms with Gasteiger partial charge in [0.2, 0.25) is 0 Å². The second-order valence-electron chi connectivity index (χ2n) is 6.68. The van der Waals surface area contributed by atoms with Gasteiger partial charge >= 0.3 is 0 Å². The number of amides is 1. The smallest absolute Gasteiger partial charge is 0.266 e. The lowest BCUT2D eigenvalue weighted by Crippen LogP contribution is -2.13. The third-order valence-electron chi connectivity index (χ3n) is 4.45. The van der Waals surface area contributed by atoms with Crippen LogP contribution in [0.25, 0.3) is 6.08 Å². The van der Waals surface area contributed by atoms with Crippen molar-refractivity contribution >= 4 is 68.4 Å². The van der Waals surface area contributed by atoms with Gasteiger partial charge in [-0.05, 0) is 60.2 Å². The SMILES string of the molecule is COc1cc(C=C(C#N)C(=O)Nc2ccc(Cl)cc2)c(Br)cc1OCc1ccc(Cl)cc1Cl. The van der Waals surface area contributed by atoms with E-state index in [0.29, 0.717) is 42.3 Å². The van der Waals surface area contributed by atoms with Crippen LogP contribution in [0.2, 0.25) is 15.1 Å². The minimum Gasteiger partial charge on any atom is -0.493 e. The zero-order valence-electron chi connectivity index (χ0n) is 17.2. The van der Waals surface area contributed by atoms with Gasteiger partial charge in [-0.15, -0.1) is 0 Å². The van der Waals surface area contributed by atoms with Gasteiger partial charge in [0, 0.05) is 30.8 Å². The monoisotopic (exact) mass is 564 g/mol. The standard InChI is InChI=1S/C24H16BrCl3N2O3/c1-32-22-9-15(8-16(12-29)24(31)30-19-6-4-17(26)5-7-19)20(25)11-23(22)33-13-14-2-3-18(27)10-21(14)28/h2-11H,13H2,1H3,(H,30,31). The normalized spacial score (nSPS) is 11.0. The summed E-state index contributed by atoms with van der Waals surface area (Å²) in [5.74, 6) is 0.324. The van der Waals surface area contributed by atoms with E-state index >= 15 is 0 Å². The number of nitriles is 1. The highest BCUT2D eigenvalue weighted by Gasteiger charge is 2.14. The lowest BCUT2D eigenvalue weighted by atomic mass is 10.1. The maximum atomic E-state index is 12.6. The second-order valence-corrected chi connectivity index (χ2v) is 8.81. The fourth-order valence-corrected chi connectivity index (χ4v) is 3.79. The molecule has 0 unspecified atom stereocenters. The summed E-state index contributed by atoms with van der Waals surface area (Å²) in [6, 6.07) is 17.0. The molecule has 9 heteroatoms. The molecule has 3 rings (SSSR count). The number of carbonyl (C=O) groups excluding carboxylic acids is 1. The Morgan fingerprint density at radius 3 is 2.39 bits per heavy atom. The van der Waals surface area contributed by atoms with E-state index in [1.807, 2.05) is 6.07 Å². The summed E-state index contributed by atoms with van der Waals surface area (Å²) >= 11 is 21.5. The van der Waals surface area contributed by atoms with Gasteiger partial charge in [0.15, 0.2) is 11.5 Å². The highest BCUT2D eigenvalue weighted by Crippen LogP contribution is 2.35. The van der Waals surface area contributed by atoms with Crippen molar-refractivity contribution in [2.45, 2.75) is 6.61 Å². The third kappa shape index (κ3) is 6.66. The molecule has 3 aromatic carbocycles. The highest BCUT2D eigenvalue weighted by molar-refractivity contribution is 9.10. The van der Waals surface area contributed by atoms with Crippen molar-refractivity contribution in [2.24, 2.45) is 0 Å². The minimum absolute atomic E-state index is 0.0886. The first-order valence-corrected chi connectivity index (χ1v) is 11.4. The van der Waals surface area contributed by atoms with E-state index in [0.717, 1.165) is 5.56 Å². The fraction of sp³-hybridized carbons (Fsp3) is 0.0833. The Hall–Kier alpha value is -2.69. The van der Waals surface area contributed by atoms with Crippen LogP contribution in [0.5, 0.6) is 11.5 Å². The predicted octanol–water partition coefficient (Wildman–Crippen LogP) is 7.54. The zero-order chi connectivity index (χ0) is 24.0. The van der Waals surface area contributed by atoms with E-state index in [1.165, 1.54) is 13.2 Å². The first kappa shape index (κ1) is 24.9. The lowest BCUT2D eigenvalue weighted by Gasteiger charge is -2.14. The molecule has 0 saturated carbocycles. The molecule has 0 aliphatic heterocycles. The Labute approximate surface area is 214 Å². The molecule has 1 amide bonds. The largest absolute Gasteiger partial charge is 0.493 e. The van der Waals surface area contributed by atoms with E-state index in [4.69, 9.17) is 44.3 Å². The van der Waals surface area contributed by atoms with E-state index in [9.17, 15) is 10.1 Å². The number of halogens is 4. The van der Waals surface area contributed by atoms with Crippen LogP contribution < -0.4 is 14.8 Å². The van der Waals surface area contributed by atoms with Gasteiger partial charge in [-0.1, -0.05) is 56.8 Å². The molecule has 5 nitrogen and oxygen atoms in total. The molecule has 0 atom stereocenters. The van der Waals surface area contributed by atoms with Crippen LogP contribution in [-0.2, 0) is 11.4 Å². The summed E-state index contributed by atoms with van der Waals surface area (Å²) in [4.78, 5) is 12.6. The Morgan fingerprint density at radius 2 is 1.76 bits per heavy atom. The highest BCUT2D eigenvalue weighted by atomic mass is 79.9. The second kappa shape index (κ2) is 11.4. The van der Waals surface area contributed by atoms with E-state index in [-0.39, 0.29) is 12.2 Å². The van der Waals surface area contributed by atoms with Gasteiger partial charge < -0.3 is 14.8 Å². The number of nitrogens with zero attached hydrogens (tertiary/aromatic N) is 1. The van der Waals surface area contributed by atoms with Crippen molar-refractivity contribution < 1.29 is 14.3 Å². The Bertz CT molecular complexity index is 1260. The summed E-state index contributed by atoms with van der Waals surface area (Å²) < 4.78 is 11.9. The van der Waals surface area contributed by atoms with Crippen molar-refractivity contribution in [3.8, 4) is 17.6 Å². The molecule has 0 spiro atoms. The van der Waals surface area contributed by atoms with Crippen LogP contribution in [0, 0.1) is 11.3 Å². The molecule has 168 valence electrons. The average molecular weight is 567 g/mol. The molecule has 0 fully saturated rings. The molecular formula is C24H16BrCl3N2O3. The molecule has 0 aliphatic carbocycles. The van der Waals surface area contributed by atoms with Gasteiger partial charge in [0.25, 0.3) is 5.91 Å². The van der Waals surface area contributed by atoms with Gasteiger partial charge in [-0.2, -0.15) is 5.26 Å². The maximum Gasteiger partial charge on any atom is 0.266 e. The summed E-state index contributed by atoms with van der Waals surface area (Å²) in [7, 11) is 1.50. The average Bonchev–Trinajstić information content (AvgIpc) is 2.79. The number of anilines is 1. The molecule has 0 aromatic heterocycles. The van der Waals surface area contributed by atoms with Crippen LogP contribution >= 0.6 is 50.7 Å². The van der Waals surface area contributed by atoms with Crippen molar-refractivity contribution in [3.63, 3.8) is 0 Å². The molecule has 0 bridgehead atoms. The number of carbonyl (C=O) groups is 1. The van der Waals surface area contributed by atoms with E-state index in [1.54, 1.807) is 54.6 Å². The van der Waals surface area contributed by atoms with Gasteiger partial charge in [-0.25, -0.2) is 0 Å². The van der Waals surface area contributed by atoms with Gasteiger partial charge in [0.05, 0.1) is 7.11 Å². The van der Waals surface area contributed by atoms with Crippen LogP contribution in [0.1, 0.15) is 11.1 Å². The number of methoxy groups -OCH3 is 1. The number of hydrogen-bond acceptors (Lipinski definition) is 4. The number of rotatable bonds is 7. The topological polar surface area (TPSA) is 71.3 Å². The molecule has 0 aliphatic rings. The van der Waals surface area contributed by atoms with Crippen LogP contribution in [-0.4, -0.2) is 13.0 Å². The fourth-order valence-electron chi connectivity index (χ4n) is 2.76. The van der Waals surface area contributed by atoms with E-state index in [2.05, 4.69) is 21.2 Å². The summed E-state index contributed by atoms with van der Waals surface area (Å²) in [6.07, 6.45) is 1.46. The quantitative estimate of drug-likeness (QED) is 0.237. The number of hydrogen-bond donors (Lipinski definition) is 1. The minimum atomic E-state index is -0.552. The predicted molar refractivity (Wildman–Crippen MR) is 135 cm³/mol. The number of nitrogens with one attached hydrogen (secondary N) is 1. The summed E-state index contributed by atoms with van der Waals surface area (Å²) in [5.41, 5.74) is 1.75. The third-order valence-corrected chi connectivity index (χ3v) is 5.97.